The van der Waals surface area contributed by atoms with Gasteiger partial charge in [-0.3, -0.25) is 9.59 Å². The summed E-state index contributed by atoms with van der Waals surface area (Å²) in [5.74, 6) is -0.310. The van der Waals surface area contributed by atoms with Crippen LogP contribution in [0.1, 0.15) is 15.9 Å². The van der Waals surface area contributed by atoms with Crippen LogP contribution >= 0.6 is 11.6 Å². The molecule has 0 radical (unpaired) electrons. The first-order chi connectivity index (χ1) is 12.8. The number of phenolic OH excluding ortho intramolecular Hbond substituents is 1. The van der Waals surface area contributed by atoms with Crippen molar-refractivity contribution < 1.29 is 28.9 Å². The molecular weight excluding hydrogens is 376 g/mol. The Balaban J connectivity index is 2.14. The number of carbonyl (C=O) groups excluding carboxylic acids is 2. The lowest BCUT2D eigenvalue weighted by Crippen LogP contribution is -2.23. The van der Waals surface area contributed by atoms with Crippen LogP contribution in [0.5, 0.6) is 23.0 Å². The Morgan fingerprint density at radius 3 is 2.52 bits per heavy atom. The summed E-state index contributed by atoms with van der Waals surface area (Å²) in [5, 5.41) is 12.7. The molecule has 2 aromatic carbocycles. The van der Waals surface area contributed by atoms with Crippen molar-refractivity contribution in [2.45, 2.75) is 6.54 Å². The van der Waals surface area contributed by atoms with Crippen molar-refractivity contribution in [1.29, 1.82) is 0 Å². The van der Waals surface area contributed by atoms with E-state index in [2.05, 4.69) is 5.32 Å². The minimum absolute atomic E-state index is 0.000428. The molecule has 9 heteroatoms. The third kappa shape index (κ3) is 5.18. The Kier molecular flexibility index (Phi) is 6.73. The van der Waals surface area contributed by atoms with Crippen LogP contribution in [0, 0.1) is 0 Å². The summed E-state index contributed by atoms with van der Waals surface area (Å²) in [6, 6.07) is 7.57. The van der Waals surface area contributed by atoms with Crippen molar-refractivity contribution in [2.75, 3.05) is 20.8 Å². The van der Waals surface area contributed by atoms with E-state index >= 15 is 0 Å². The molecule has 8 nitrogen and oxygen atoms in total. The predicted molar refractivity (Wildman–Crippen MR) is 98.5 cm³/mol. The van der Waals surface area contributed by atoms with Crippen LogP contribution in [0.25, 0.3) is 0 Å². The number of nitrogens with one attached hydrogen (secondary N) is 1. The van der Waals surface area contributed by atoms with Gasteiger partial charge in [-0.1, -0.05) is 11.6 Å². The molecule has 0 fully saturated rings. The molecule has 0 saturated heterocycles. The first-order valence-electron chi connectivity index (χ1n) is 7.78. The Morgan fingerprint density at radius 1 is 1.19 bits per heavy atom. The van der Waals surface area contributed by atoms with E-state index in [1.54, 1.807) is 12.1 Å². The molecule has 2 amide bonds. The molecule has 0 atom stereocenters. The van der Waals surface area contributed by atoms with Gasteiger partial charge in [0, 0.05) is 23.7 Å². The third-order valence-corrected chi connectivity index (χ3v) is 3.86. The van der Waals surface area contributed by atoms with E-state index in [1.807, 2.05) is 0 Å². The van der Waals surface area contributed by atoms with E-state index < -0.39 is 11.8 Å². The summed E-state index contributed by atoms with van der Waals surface area (Å²) in [6.45, 7) is -0.285. The first-order valence-corrected chi connectivity index (χ1v) is 8.16. The second kappa shape index (κ2) is 9.00. The Morgan fingerprint density at radius 2 is 1.93 bits per heavy atom. The fourth-order valence-electron chi connectivity index (χ4n) is 2.23. The number of methoxy groups -OCH3 is 2. The molecule has 0 aromatic heterocycles. The van der Waals surface area contributed by atoms with Gasteiger partial charge in [-0.25, -0.2) is 0 Å². The number of halogens is 1. The number of benzene rings is 2. The number of hydrogen-bond donors (Lipinski definition) is 3. The van der Waals surface area contributed by atoms with E-state index in [1.165, 1.54) is 32.4 Å². The van der Waals surface area contributed by atoms with Gasteiger partial charge in [0.15, 0.2) is 18.1 Å². The number of nitrogens with two attached hydrogens (primary N) is 1. The highest BCUT2D eigenvalue weighted by Crippen LogP contribution is 2.36. The summed E-state index contributed by atoms with van der Waals surface area (Å²) in [4.78, 5) is 23.3. The first kappa shape index (κ1) is 20.2. The lowest BCUT2D eigenvalue weighted by Gasteiger charge is -2.14. The number of amides is 2. The zero-order valence-corrected chi connectivity index (χ0v) is 15.5. The third-order valence-electron chi connectivity index (χ3n) is 3.58. The minimum Gasteiger partial charge on any atom is -0.507 e. The molecule has 2 rings (SSSR count). The summed E-state index contributed by atoms with van der Waals surface area (Å²) in [7, 11) is 2.87. The summed E-state index contributed by atoms with van der Waals surface area (Å²) < 4.78 is 15.4. The number of carbonyl (C=O) groups is 2. The van der Waals surface area contributed by atoms with Gasteiger partial charge in [0.1, 0.15) is 11.5 Å². The summed E-state index contributed by atoms with van der Waals surface area (Å²) >= 11 is 6.13. The standard InChI is InChI=1S/C18H19ClN2O6/c1-25-12-4-3-10(14(22)7-12)8-21-18(24)11-5-13(19)17(15(6-11)26-2)27-9-16(20)23/h3-7,22H,8-9H2,1-2H3,(H2,20,23)(H,21,24). The molecule has 27 heavy (non-hydrogen) atoms. The fraction of sp³-hybridized carbons (Fsp3) is 0.222. The molecule has 0 aliphatic rings. The van der Waals surface area contributed by atoms with Crippen LogP contribution in [-0.4, -0.2) is 37.7 Å². The molecular formula is C18H19ClN2O6. The number of rotatable bonds is 8. The van der Waals surface area contributed by atoms with Gasteiger partial charge >= 0.3 is 0 Å². The van der Waals surface area contributed by atoms with Crippen LogP contribution in [-0.2, 0) is 11.3 Å². The molecule has 0 saturated carbocycles. The van der Waals surface area contributed by atoms with Crippen LogP contribution < -0.4 is 25.3 Å². The molecule has 0 spiro atoms. The zero-order chi connectivity index (χ0) is 20.0. The molecule has 0 aliphatic heterocycles. The molecule has 0 bridgehead atoms. The van der Waals surface area contributed by atoms with Gasteiger partial charge in [-0.2, -0.15) is 0 Å². The smallest absolute Gasteiger partial charge is 0.255 e. The number of ether oxygens (including phenoxy) is 3. The monoisotopic (exact) mass is 394 g/mol. The highest BCUT2D eigenvalue weighted by atomic mass is 35.5. The topological polar surface area (TPSA) is 120 Å². The fourth-order valence-corrected chi connectivity index (χ4v) is 2.50. The van der Waals surface area contributed by atoms with Gasteiger partial charge in [0.2, 0.25) is 0 Å². The van der Waals surface area contributed by atoms with Crippen LogP contribution in [0.2, 0.25) is 5.02 Å². The van der Waals surface area contributed by atoms with Crippen LogP contribution in [0.3, 0.4) is 0 Å². The molecule has 0 heterocycles. The number of hydrogen-bond acceptors (Lipinski definition) is 6. The SMILES string of the molecule is COc1ccc(CNC(=O)c2cc(Cl)c(OCC(N)=O)c(OC)c2)c(O)c1. The van der Waals surface area contributed by atoms with Crippen molar-refractivity contribution in [2.24, 2.45) is 5.73 Å². The van der Waals surface area contributed by atoms with Crippen LogP contribution in [0.4, 0.5) is 0 Å². The molecule has 4 N–H and O–H groups in total. The second-order valence-electron chi connectivity index (χ2n) is 5.42. The maximum Gasteiger partial charge on any atom is 0.255 e. The van der Waals surface area contributed by atoms with Crippen molar-refractivity contribution in [3.63, 3.8) is 0 Å². The Labute approximate surface area is 160 Å². The largest absolute Gasteiger partial charge is 0.507 e. The number of phenols is 1. The average molecular weight is 395 g/mol. The van der Waals surface area contributed by atoms with E-state index in [0.29, 0.717) is 11.3 Å². The van der Waals surface area contributed by atoms with E-state index in [-0.39, 0.29) is 41.0 Å². The summed E-state index contributed by atoms with van der Waals surface area (Å²) in [6.07, 6.45) is 0. The van der Waals surface area contributed by atoms with E-state index in [9.17, 15) is 14.7 Å². The maximum absolute atomic E-state index is 12.4. The quantitative estimate of drug-likeness (QED) is 0.628. The van der Waals surface area contributed by atoms with Crippen molar-refractivity contribution in [3.8, 4) is 23.0 Å². The second-order valence-corrected chi connectivity index (χ2v) is 5.83. The lowest BCUT2D eigenvalue weighted by atomic mass is 10.1. The summed E-state index contributed by atoms with van der Waals surface area (Å²) in [5.41, 5.74) is 5.78. The molecule has 144 valence electrons. The highest BCUT2D eigenvalue weighted by Gasteiger charge is 2.17. The average Bonchev–Trinajstić information content (AvgIpc) is 2.64. The van der Waals surface area contributed by atoms with Gasteiger partial charge < -0.3 is 30.4 Å². The normalized spacial score (nSPS) is 10.2. The van der Waals surface area contributed by atoms with Crippen LogP contribution in [0.15, 0.2) is 30.3 Å². The lowest BCUT2D eigenvalue weighted by molar-refractivity contribution is -0.119. The van der Waals surface area contributed by atoms with Gasteiger partial charge in [0.25, 0.3) is 11.8 Å². The molecule has 0 aliphatic carbocycles. The highest BCUT2D eigenvalue weighted by molar-refractivity contribution is 6.32. The molecule has 0 unspecified atom stereocenters. The van der Waals surface area contributed by atoms with Gasteiger partial charge in [-0.15, -0.1) is 0 Å². The Bertz CT molecular complexity index is 856. The van der Waals surface area contributed by atoms with Crippen molar-refractivity contribution >= 4 is 23.4 Å². The van der Waals surface area contributed by atoms with E-state index in [4.69, 9.17) is 31.5 Å². The minimum atomic E-state index is -0.672. The predicted octanol–water partition coefficient (Wildman–Crippen LogP) is 1.86. The van der Waals surface area contributed by atoms with Crippen molar-refractivity contribution in [3.05, 3.63) is 46.5 Å². The Hall–Kier alpha value is -3.13. The van der Waals surface area contributed by atoms with Gasteiger partial charge in [-0.05, 0) is 24.3 Å². The van der Waals surface area contributed by atoms with Gasteiger partial charge in [0.05, 0.1) is 19.2 Å². The van der Waals surface area contributed by atoms with Crippen molar-refractivity contribution in [1.82, 2.24) is 5.32 Å². The van der Waals surface area contributed by atoms with E-state index in [0.717, 1.165) is 0 Å². The maximum atomic E-state index is 12.4. The molecule has 2 aromatic rings. The zero-order valence-electron chi connectivity index (χ0n) is 14.7. The number of aromatic hydroxyl groups is 1. The number of primary amides is 1.